The van der Waals surface area contributed by atoms with Gasteiger partial charge in [0.2, 0.25) is 5.91 Å². The number of amides is 1. The first kappa shape index (κ1) is 15.0. The van der Waals surface area contributed by atoms with E-state index in [1.54, 1.807) is 7.11 Å². The van der Waals surface area contributed by atoms with Crippen LogP contribution in [0.4, 0.5) is 0 Å². The van der Waals surface area contributed by atoms with Crippen LogP contribution in [0.2, 0.25) is 0 Å². The normalized spacial score (nSPS) is 11.7. The van der Waals surface area contributed by atoms with Gasteiger partial charge in [-0.25, -0.2) is 0 Å². The Balaban J connectivity index is 2.61. The third kappa shape index (κ3) is 4.99. The summed E-state index contributed by atoms with van der Waals surface area (Å²) in [6.07, 6.45) is 0.595. The molecular weight excluding hydrogens is 246 g/mol. The van der Waals surface area contributed by atoms with Crippen molar-refractivity contribution >= 4 is 11.9 Å². The van der Waals surface area contributed by atoms with Crippen molar-refractivity contribution in [2.75, 3.05) is 7.11 Å². The molecule has 1 atom stereocenters. The van der Waals surface area contributed by atoms with Crippen molar-refractivity contribution in [2.24, 2.45) is 0 Å². The molecule has 104 valence electrons. The monoisotopic (exact) mass is 265 g/mol. The third-order valence-electron chi connectivity index (χ3n) is 2.83. The predicted octanol–water partition coefficient (Wildman–Crippen LogP) is 2.13. The quantitative estimate of drug-likeness (QED) is 0.792. The van der Waals surface area contributed by atoms with E-state index in [1.807, 2.05) is 31.2 Å². The molecule has 0 aliphatic rings. The van der Waals surface area contributed by atoms with Gasteiger partial charge in [-0.1, -0.05) is 19.1 Å². The lowest BCUT2D eigenvalue weighted by molar-refractivity contribution is -0.138. The van der Waals surface area contributed by atoms with Crippen LogP contribution in [0.1, 0.15) is 37.8 Å². The van der Waals surface area contributed by atoms with Crippen molar-refractivity contribution < 1.29 is 19.4 Å². The van der Waals surface area contributed by atoms with E-state index < -0.39 is 5.97 Å². The molecule has 2 N–H and O–H groups in total. The lowest BCUT2D eigenvalue weighted by atomic mass is 10.0. The highest BCUT2D eigenvalue weighted by Gasteiger charge is 2.13. The summed E-state index contributed by atoms with van der Waals surface area (Å²) in [4.78, 5) is 22.0. The van der Waals surface area contributed by atoms with Crippen molar-refractivity contribution in [3.8, 4) is 5.75 Å². The number of benzene rings is 1. The zero-order chi connectivity index (χ0) is 14.3. The van der Waals surface area contributed by atoms with Gasteiger partial charge in [0.05, 0.1) is 19.6 Å². The maximum absolute atomic E-state index is 11.6. The van der Waals surface area contributed by atoms with Crippen LogP contribution in [0.5, 0.6) is 5.75 Å². The fraction of sp³-hybridized carbons (Fsp3) is 0.429. The minimum Gasteiger partial charge on any atom is -0.497 e. The first-order valence-corrected chi connectivity index (χ1v) is 6.22. The zero-order valence-corrected chi connectivity index (χ0v) is 11.2. The Morgan fingerprint density at radius 1 is 1.26 bits per heavy atom. The van der Waals surface area contributed by atoms with Crippen LogP contribution in [-0.2, 0) is 9.59 Å². The second kappa shape index (κ2) is 7.41. The van der Waals surface area contributed by atoms with Crippen LogP contribution in [0.15, 0.2) is 24.3 Å². The molecule has 1 amide bonds. The van der Waals surface area contributed by atoms with E-state index in [4.69, 9.17) is 9.84 Å². The summed E-state index contributed by atoms with van der Waals surface area (Å²) in [7, 11) is 1.60. The molecule has 5 nitrogen and oxygen atoms in total. The molecule has 0 spiro atoms. The largest absolute Gasteiger partial charge is 0.497 e. The molecule has 0 fully saturated rings. The van der Waals surface area contributed by atoms with Gasteiger partial charge in [0, 0.05) is 6.42 Å². The van der Waals surface area contributed by atoms with Crippen molar-refractivity contribution in [1.29, 1.82) is 0 Å². The average Bonchev–Trinajstić information content (AvgIpc) is 2.42. The number of rotatable bonds is 7. The van der Waals surface area contributed by atoms with Crippen LogP contribution in [0.3, 0.4) is 0 Å². The number of hydrogen-bond acceptors (Lipinski definition) is 3. The van der Waals surface area contributed by atoms with E-state index >= 15 is 0 Å². The summed E-state index contributed by atoms with van der Waals surface area (Å²) in [5.41, 5.74) is 0.979. The van der Waals surface area contributed by atoms with Crippen molar-refractivity contribution in [1.82, 2.24) is 5.32 Å². The molecule has 0 saturated heterocycles. The van der Waals surface area contributed by atoms with Crippen molar-refractivity contribution in [3.05, 3.63) is 29.8 Å². The Bertz CT molecular complexity index is 428. The molecule has 1 rings (SSSR count). The minimum atomic E-state index is -0.965. The van der Waals surface area contributed by atoms with Gasteiger partial charge in [0.15, 0.2) is 0 Å². The lowest BCUT2D eigenvalue weighted by Crippen LogP contribution is -2.28. The smallest absolute Gasteiger partial charge is 0.303 e. The summed E-state index contributed by atoms with van der Waals surface area (Å²) in [6, 6.07) is 7.35. The van der Waals surface area contributed by atoms with Crippen LogP contribution in [0.25, 0.3) is 0 Å². The van der Waals surface area contributed by atoms with Gasteiger partial charge < -0.3 is 15.2 Å². The van der Waals surface area contributed by atoms with Crippen LogP contribution in [-0.4, -0.2) is 24.1 Å². The van der Waals surface area contributed by atoms with Gasteiger partial charge in [-0.2, -0.15) is 0 Å². The number of ether oxygens (including phenoxy) is 1. The molecule has 1 aromatic rings. The molecule has 0 radical (unpaired) electrons. The van der Waals surface area contributed by atoms with E-state index in [0.29, 0.717) is 0 Å². The number of aliphatic carboxylic acids is 1. The highest BCUT2D eigenvalue weighted by molar-refractivity contribution is 5.80. The molecule has 0 aliphatic heterocycles. The van der Waals surface area contributed by atoms with Gasteiger partial charge in [0.25, 0.3) is 0 Å². The summed E-state index contributed by atoms with van der Waals surface area (Å²) in [6.45, 7) is 1.96. The SMILES string of the molecule is CCC(NC(=O)CCC(=O)O)c1ccc(OC)cc1. The summed E-state index contributed by atoms with van der Waals surface area (Å²) >= 11 is 0. The summed E-state index contributed by atoms with van der Waals surface area (Å²) in [5, 5.41) is 11.4. The topological polar surface area (TPSA) is 75.6 Å². The predicted molar refractivity (Wildman–Crippen MR) is 71.0 cm³/mol. The molecule has 1 unspecified atom stereocenters. The Hall–Kier alpha value is -2.04. The Labute approximate surface area is 112 Å². The number of hydrogen-bond donors (Lipinski definition) is 2. The number of methoxy groups -OCH3 is 1. The molecular formula is C14H19NO4. The fourth-order valence-corrected chi connectivity index (χ4v) is 1.74. The van der Waals surface area contributed by atoms with E-state index in [-0.39, 0.29) is 24.8 Å². The molecule has 5 heteroatoms. The van der Waals surface area contributed by atoms with E-state index in [0.717, 1.165) is 17.7 Å². The van der Waals surface area contributed by atoms with Gasteiger partial charge in [0.1, 0.15) is 5.75 Å². The van der Waals surface area contributed by atoms with Crippen molar-refractivity contribution in [2.45, 2.75) is 32.2 Å². The molecule has 0 saturated carbocycles. The Kier molecular flexibility index (Phi) is 5.85. The second-order valence-electron chi connectivity index (χ2n) is 4.20. The molecule has 0 bridgehead atoms. The van der Waals surface area contributed by atoms with E-state index in [9.17, 15) is 9.59 Å². The first-order chi connectivity index (χ1) is 9.06. The van der Waals surface area contributed by atoms with Crippen molar-refractivity contribution in [3.63, 3.8) is 0 Å². The number of nitrogens with one attached hydrogen (secondary N) is 1. The molecule has 0 aromatic heterocycles. The minimum absolute atomic E-state index is 0.00197. The van der Waals surface area contributed by atoms with Gasteiger partial charge in [-0.3, -0.25) is 9.59 Å². The standard InChI is InChI=1S/C14H19NO4/c1-3-12(15-13(16)8-9-14(17)18)10-4-6-11(19-2)7-5-10/h4-7,12H,3,8-9H2,1-2H3,(H,15,16)(H,17,18). The fourth-order valence-electron chi connectivity index (χ4n) is 1.74. The maximum Gasteiger partial charge on any atom is 0.303 e. The van der Waals surface area contributed by atoms with Gasteiger partial charge >= 0.3 is 5.97 Å². The number of carboxylic acid groups (broad SMARTS) is 1. The molecule has 0 aliphatic carbocycles. The highest BCUT2D eigenvalue weighted by Crippen LogP contribution is 2.20. The highest BCUT2D eigenvalue weighted by atomic mass is 16.5. The number of carboxylic acids is 1. The van der Waals surface area contributed by atoms with Crippen LogP contribution in [0, 0.1) is 0 Å². The Morgan fingerprint density at radius 2 is 1.89 bits per heavy atom. The van der Waals surface area contributed by atoms with Crippen LogP contribution < -0.4 is 10.1 Å². The van der Waals surface area contributed by atoms with Gasteiger partial charge in [-0.05, 0) is 24.1 Å². The molecule has 1 aromatic carbocycles. The lowest BCUT2D eigenvalue weighted by Gasteiger charge is -2.17. The van der Waals surface area contributed by atoms with Crippen LogP contribution >= 0.6 is 0 Å². The van der Waals surface area contributed by atoms with E-state index in [2.05, 4.69) is 5.32 Å². The Morgan fingerprint density at radius 3 is 2.37 bits per heavy atom. The second-order valence-corrected chi connectivity index (χ2v) is 4.20. The van der Waals surface area contributed by atoms with Gasteiger partial charge in [-0.15, -0.1) is 0 Å². The molecule has 0 heterocycles. The van der Waals surface area contributed by atoms with E-state index in [1.165, 1.54) is 0 Å². The number of carbonyl (C=O) groups is 2. The zero-order valence-electron chi connectivity index (χ0n) is 11.2. The molecule has 19 heavy (non-hydrogen) atoms. The third-order valence-corrected chi connectivity index (χ3v) is 2.83. The first-order valence-electron chi connectivity index (χ1n) is 6.22. The average molecular weight is 265 g/mol. The number of carbonyl (C=O) groups excluding carboxylic acids is 1. The maximum atomic E-state index is 11.6. The summed E-state index contributed by atoms with van der Waals surface area (Å²) in [5.74, 6) is -0.450. The summed E-state index contributed by atoms with van der Waals surface area (Å²) < 4.78 is 5.08.